The van der Waals surface area contributed by atoms with E-state index in [9.17, 15) is 19.2 Å². The summed E-state index contributed by atoms with van der Waals surface area (Å²) in [5.74, 6) is -1.53. The molecule has 0 spiro atoms. The van der Waals surface area contributed by atoms with Crippen LogP contribution in [0.2, 0.25) is 0 Å². The molecule has 3 amide bonds. The summed E-state index contributed by atoms with van der Waals surface area (Å²) in [6.45, 7) is -0.548. The predicted octanol–water partition coefficient (Wildman–Crippen LogP) is 1.90. The summed E-state index contributed by atoms with van der Waals surface area (Å²) in [5, 5.41) is 4.65. The largest absolute Gasteiger partial charge is 0.456 e. The van der Waals surface area contributed by atoms with E-state index in [1.165, 1.54) is 0 Å². The zero-order chi connectivity index (χ0) is 18.2. The molecular formula is C17H20N2O5S. The molecule has 0 aromatic heterocycles. The van der Waals surface area contributed by atoms with Gasteiger partial charge >= 0.3 is 12.0 Å². The Bertz CT molecular complexity index is 656. The molecule has 0 aliphatic heterocycles. The molecule has 1 fully saturated rings. The Morgan fingerprint density at radius 2 is 1.80 bits per heavy atom. The van der Waals surface area contributed by atoms with Crippen LogP contribution in [-0.2, 0) is 14.3 Å². The smallest absolute Gasteiger partial charge is 0.321 e. The van der Waals surface area contributed by atoms with Crippen LogP contribution in [0.3, 0.4) is 0 Å². The number of carbonyl (C=O) groups is 4. The van der Waals surface area contributed by atoms with Gasteiger partial charge in [0.15, 0.2) is 12.4 Å². The van der Waals surface area contributed by atoms with Gasteiger partial charge < -0.3 is 10.1 Å². The standard InChI is InChI=1S/C17H20N2O5S/c1-25-13-6-2-11(3-7-13)14(20)8-9-16(22)24-10-15(21)19-17(23)18-12-4-5-12/h2-3,6-7,12H,4-5,8-10H2,1H3,(H2,18,19,21,23). The fourth-order valence-corrected chi connectivity index (χ4v) is 2.38. The molecule has 1 aromatic rings. The Hall–Kier alpha value is -2.35. The molecule has 0 radical (unpaired) electrons. The first kappa shape index (κ1) is 19.0. The van der Waals surface area contributed by atoms with Gasteiger partial charge in [-0.05, 0) is 31.2 Å². The third-order valence-electron chi connectivity index (χ3n) is 3.50. The third-order valence-corrected chi connectivity index (χ3v) is 4.24. The van der Waals surface area contributed by atoms with E-state index in [1.807, 2.05) is 18.4 Å². The average molecular weight is 364 g/mol. The van der Waals surface area contributed by atoms with Crippen molar-refractivity contribution < 1.29 is 23.9 Å². The molecule has 0 saturated heterocycles. The fourth-order valence-electron chi connectivity index (χ4n) is 1.97. The molecular weight excluding hydrogens is 344 g/mol. The van der Waals surface area contributed by atoms with Gasteiger partial charge in [-0.15, -0.1) is 11.8 Å². The van der Waals surface area contributed by atoms with E-state index >= 15 is 0 Å². The molecule has 2 N–H and O–H groups in total. The number of ether oxygens (including phenoxy) is 1. The lowest BCUT2D eigenvalue weighted by molar-refractivity contribution is -0.148. The van der Waals surface area contributed by atoms with Crippen molar-refractivity contribution in [3.8, 4) is 0 Å². The highest BCUT2D eigenvalue weighted by atomic mass is 32.2. The van der Waals surface area contributed by atoms with E-state index in [1.54, 1.807) is 23.9 Å². The van der Waals surface area contributed by atoms with Crippen LogP contribution in [0.5, 0.6) is 0 Å². The number of urea groups is 1. The van der Waals surface area contributed by atoms with Crippen LogP contribution >= 0.6 is 11.8 Å². The number of hydrogen-bond donors (Lipinski definition) is 2. The van der Waals surface area contributed by atoms with Crippen LogP contribution in [-0.4, -0.2) is 42.6 Å². The van der Waals surface area contributed by atoms with Crippen LogP contribution in [0.4, 0.5) is 4.79 Å². The van der Waals surface area contributed by atoms with Gasteiger partial charge in [-0.2, -0.15) is 0 Å². The van der Waals surface area contributed by atoms with E-state index in [0.717, 1.165) is 17.7 Å². The monoisotopic (exact) mass is 364 g/mol. The van der Waals surface area contributed by atoms with Crippen LogP contribution < -0.4 is 10.6 Å². The molecule has 7 nitrogen and oxygen atoms in total. The molecule has 8 heteroatoms. The summed E-state index contributed by atoms with van der Waals surface area (Å²) in [7, 11) is 0. The summed E-state index contributed by atoms with van der Waals surface area (Å²) in [5.41, 5.74) is 0.528. The van der Waals surface area contributed by atoms with E-state index < -0.39 is 24.5 Å². The van der Waals surface area contributed by atoms with Crippen molar-refractivity contribution in [1.82, 2.24) is 10.6 Å². The average Bonchev–Trinajstić information content (AvgIpc) is 3.41. The third kappa shape index (κ3) is 6.96. The minimum Gasteiger partial charge on any atom is -0.456 e. The number of amides is 3. The number of imide groups is 1. The molecule has 1 aliphatic rings. The van der Waals surface area contributed by atoms with Gasteiger partial charge in [-0.3, -0.25) is 19.7 Å². The maximum absolute atomic E-state index is 12.0. The normalized spacial score (nSPS) is 13.0. The predicted molar refractivity (Wildman–Crippen MR) is 92.4 cm³/mol. The Labute approximate surface area is 149 Å². The highest BCUT2D eigenvalue weighted by Crippen LogP contribution is 2.18. The molecule has 25 heavy (non-hydrogen) atoms. The Kier molecular flexibility index (Phi) is 7.00. The molecule has 0 bridgehead atoms. The number of carbonyl (C=O) groups excluding carboxylic acids is 4. The van der Waals surface area contributed by atoms with Crippen molar-refractivity contribution in [3.63, 3.8) is 0 Å². The second-order valence-corrected chi connectivity index (χ2v) is 6.49. The first-order valence-corrected chi connectivity index (χ1v) is 9.13. The number of benzene rings is 1. The Morgan fingerprint density at radius 3 is 2.40 bits per heavy atom. The number of Topliss-reactive ketones (excluding diaryl/α,β-unsaturated/α-hetero) is 1. The topological polar surface area (TPSA) is 102 Å². The summed E-state index contributed by atoms with van der Waals surface area (Å²) >= 11 is 1.58. The Morgan fingerprint density at radius 1 is 1.12 bits per heavy atom. The van der Waals surface area contributed by atoms with E-state index in [-0.39, 0.29) is 24.7 Å². The molecule has 0 unspecified atom stereocenters. The number of esters is 1. The van der Waals surface area contributed by atoms with Gasteiger partial charge in [-0.1, -0.05) is 12.1 Å². The number of thioether (sulfide) groups is 1. The van der Waals surface area contributed by atoms with Crippen molar-refractivity contribution in [2.75, 3.05) is 12.9 Å². The summed E-state index contributed by atoms with van der Waals surface area (Å²) in [6, 6.07) is 6.65. The highest BCUT2D eigenvalue weighted by molar-refractivity contribution is 7.98. The van der Waals surface area contributed by atoms with E-state index in [2.05, 4.69) is 10.6 Å². The summed E-state index contributed by atoms with van der Waals surface area (Å²) in [6.07, 6.45) is 3.64. The van der Waals surface area contributed by atoms with Crippen molar-refractivity contribution >= 4 is 35.5 Å². The molecule has 1 aliphatic carbocycles. The number of ketones is 1. The maximum Gasteiger partial charge on any atom is 0.321 e. The molecule has 134 valence electrons. The zero-order valence-electron chi connectivity index (χ0n) is 13.9. The first-order chi connectivity index (χ1) is 12.0. The SMILES string of the molecule is CSc1ccc(C(=O)CCC(=O)OCC(=O)NC(=O)NC2CC2)cc1. The van der Waals surface area contributed by atoms with Crippen molar-refractivity contribution in [2.45, 2.75) is 36.6 Å². The van der Waals surface area contributed by atoms with Gasteiger partial charge in [0.05, 0.1) is 6.42 Å². The van der Waals surface area contributed by atoms with Crippen LogP contribution in [0, 0.1) is 0 Å². The molecule has 2 rings (SSSR count). The number of nitrogens with one attached hydrogen (secondary N) is 2. The molecule has 0 atom stereocenters. The van der Waals surface area contributed by atoms with Crippen LogP contribution in [0.25, 0.3) is 0 Å². The lowest BCUT2D eigenvalue weighted by Gasteiger charge is -2.06. The number of hydrogen-bond acceptors (Lipinski definition) is 6. The quantitative estimate of drug-likeness (QED) is 0.415. The fraction of sp³-hybridized carbons (Fsp3) is 0.412. The van der Waals surface area contributed by atoms with Crippen molar-refractivity contribution in [2.24, 2.45) is 0 Å². The zero-order valence-corrected chi connectivity index (χ0v) is 14.7. The van der Waals surface area contributed by atoms with Gasteiger partial charge in [0, 0.05) is 22.9 Å². The van der Waals surface area contributed by atoms with Crippen molar-refractivity contribution in [3.05, 3.63) is 29.8 Å². The lowest BCUT2D eigenvalue weighted by atomic mass is 10.1. The van der Waals surface area contributed by atoms with E-state index in [4.69, 9.17) is 4.74 Å². The van der Waals surface area contributed by atoms with Gasteiger partial charge in [0.25, 0.3) is 5.91 Å². The molecule has 1 saturated carbocycles. The second kappa shape index (κ2) is 9.22. The van der Waals surface area contributed by atoms with Gasteiger partial charge in [-0.25, -0.2) is 4.79 Å². The van der Waals surface area contributed by atoms with Crippen LogP contribution in [0.1, 0.15) is 36.0 Å². The number of rotatable bonds is 8. The summed E-state index contributed by atoms with van der Waals surface area (Å²) < 4.78 is 4.76. The maximum atomic E-state index is 12.0. The lowest BCUT2D eigenvalue weighted by Crippen LogP contribution is -2.42. The summed E-state index contributed by atoms with van der Waals surface area (Å²) in [4.78, 5) is 47.4. The van der Waals surface area contributed by atoms with Crippen molar-refractivity contribution in [1.29, 1.82) is 0 Å². The highest BCUT2D eigenvalue weighted by Gasteiger charge is 2.24. The van der Waals surface area contributed by atoms with E-state index in [0.29, 0.717) is 5.56 Å². The second-order valence-electron chi connectivity index (χ2n) is 5.61. The van der Waals surface area contributed by atoms with Gasteiger partial charge in [0.2, 0.25) is 0 Å². The Balaban J connectivity index is 1.64. The minimum atomic E-state index is -0.703. The van der Waals surface area contributed by atoms with Crippen LogP contribution in [0.15, 0.2) is 29.2 Å². The minimum absolute atomic E-state index is 0.00122. The first-order valence-electron chi connectivity index (χ1n) is 7.91. The van der Waals surface area contributed by atoms with Gasteiger partial charge in [0.1, 0.15) is 0 Å². The molecule has 0 heterocycles. The molecule has 1 aromatic carbocycles.